The Morgan fingerprint density at radius 2 is 2.18 bits per heavy atom. The largest absolute Gasteiger partial charge is 0.327 e. The van der Waals surface area contributed by atoms with Crippen molar-refractivity contribution in [3.8, 4) is 0 Å². The van der Waals surface area contributed by atoms with E-state index >= 15 is 0 Å². The summed E-state index contributed by atoms with van der Waals surface area (Å²) in [4.78, 5) is 2.48. The molecule has 66 valence electrons. The van der Waals surface area contributed by atoms with Crippen LogP contribution in [0.3, 0.4) is 0 Å². The van der Waals surface area contributed by atoms with Gasteiger partial charge in [-0.1, -0.05) is 13.8 Å². The average molecular weight is 156 g/mol. The number of nitrogens with zero attached hydrogens (tertiary/aromatic N) is 1. The fourth-order valence-electron chi connectivity index (χ4n) is 2.01. The molecule has 0 aliphatic carbocycles. The molecule has 2 N–H and O–H groups in total. The molecule has 1 fully saturated rings. The standard InChI is InChI=1S/C9H20N2/c1-3-4-11-6-8(2)5-9(10)7-11/h8-9H,3-7,10H2,1-2H3. The summed E-state index contributed by atoms with van der Waals surface area (Å²) in [6.45, 7) is 8.10. The van der Waals surface area contributed by atoms with E-state index in [-0.39, 0.29) is 0 Å². The second-order valence-corrected chi connectivity index (χ2v) is 3.86. The lowest BCUT2D eigenvalue weighted by Gasteiger charge is -2.34. The van der Waals surface area contributed by atoms with Crippen LogP contribution in [0.15, 0.2) is 0 Å². The maximum Gasteiger partial charge on any atom is 0.0170 e. The molecule has 2 heteroatoms. The van der Waals surface area contributed by atoms with Crippen LogP contribution >= 0.6 is 0 Å². The van der Waals surface area contributed by atoms with Crippen molar-refractivity contribution < 1.29 is 0 Å². The first kappa shape index (κ1) is 9.01. The highest BCUT2D eigenvalue weighted by Gasteiger charge is 2.20. The number of piperidine rings is 1. The van der Waals surface area contributed by atoms with E-state index in [0.29, 0.717) is 6.04 Å². The Morgan fingerprint density at radius 1 is 1.45 bits per heavy atom. The summed E-state index contributed by atoms with van der Waals surface area (Å²) in [5, 5.41) is 0. The van der Waals surface area contributed by atoms with Crippen molar-refractivity contribution in [3.63, 3.8) is 0 Å². The summed E-state index contributed by atoms with van der Waals surface area (Å²) >= 11 is 0. The predicted octanol–water partition coefficient (Wildman–Crippen LogP) is 1.07. The number of likely N-dealkylation sites (tertiary alicyclic amines) is 1. The van der Waals surface area contributed by atoms with E-state index in [9.17, 15) is 0 Å². The van der Waals surface area contributed by atoms with Gasteiger partial charge in [0, 0.05) is 19.1 Å². The first-order chi connectivity index (χ1) is 5.22. The lowest BCUT2D eigenvalue weighted by Crippen LogP contribution is -2.46. The lowest BCUT2D eigenvalue weighted by molar-refractivity contribution is 0.166. The molecule has 0 amide bonds. The van der Waals surface area contributed by atoms with E-state index in [0.717, 1.165) is 12.5 Å². The molecule has 1 rings (SSSR count). The van der Waals surface area contributed by atoms with Gasteiger partial charge in [-0.05, 0) is 25.3 Å². The molecule has 1 heterocycles. The fourth-order valence-corrected chi connectivity index (χ4v) is 2.01. The SMILES string of the molecule is CCCN1CC(C)CC(N)C1. The summed E-state index contributed by atoms with van der Waals surface area (Å²) < 4.78 is 0. The zero-order chi connectivity index (χ0) is 8.27. The molecular weight excluding hydrogens is 136 g/mol. The van der Waals surface area contributed by atoms with Crippen molar-refractivity contribution in [1.29, 1.82) is 0 Å². The summed E-state index contributed by atoms with van der Waals surface area (Å²) in [6, 6.07) is 0.422. The van der Waals surface area contributed by atoms with E-state index in [1.807, 2.05) is 0 Å². The zero-order valence-electron chi connectivity index (χ0n) is 7.71. The van der Waals surface area contributed by atoms with Gasteiger partial charge in [0.2, 0.25) is 0 Å². The Balaban J connectivity index is 2.30. The van der Waals surface area contributed by atoms with Crippen molar-refractivity contribution in [2.75, 3.05) is 19.6 Å². The summed E-state index contributed by atoms with van der Waals surface area (Å²) in [5.74, 6) is 0.797. The number of hydrogen-bond donors (Lipinski definition) is 1. The second kappa shape index (κ2) is 4.07. The van der Waals surface area contributed by atoms with Crippen molar-refractivity contribution in [2.24, 2.45) is 11.7 Å². The number of hydrogen-bond acceptors (Lipinski definition) is 2. The minimum absolute atomic E-state index is 0.422. The molecule has 2 unspecified atom stereocenters. The van der Waals surface area contributed by atoms with Gasteiger partial charge in [-0.2, -0.15) is 0 Å². The van der Waals surface area contributed by atoms with Gasteiger partial charge in [0.05, 0.1) is 0 Å². The lowest BCUT2D eigenvalue weighted by atomic mass is 9.96. The Morgan fingerprint density at radius 3 is 2.73 bits per heavy atom. The zero-order valence-corrected chi connectivity index (χ0v) is 7.71. The average Bonchev–Trinajstić information content (AvgIpc) is 1.85. The van der Waals surface area contributed by atoms with Gasteiger partial charge in [-0.3, -0.25) is 0 Å². The van der Waals surface area contributed by atoms with E-state index in [4.69, 9.17) is 5.73 Å². The maximum absolute atomic E-state index is 5.90. The quantitative estimate of drug-likeness (QED) is 0.648. The molecule has 0 aromatic heterocycles. The number of rotatable bonds is 2. The summed E-state index contributed by atoms with van der Waals surface area (Å²) in [7, 11) is 0. The van der Waals surface area contributed by atoms with Crippen LogP contribution in [0.25, 0.3) is 0 Å². The Kier molecular flexibility index (Phi) is 3.34. The third-order valence-electron chi connectivity index (χ3n) is 2.31. The minimum Gasteiger partial charge on any atom is -0.327 e. The van der Waals surface area contributed by atoms with Gasteiger partial charge in [-0.25, -0.2) is 0 Å². The van der Waals surface area contributed by atoms with Crippen LogP contribution in [0.4, 0.5) is 0 Å². The molecule has 2 atom stereocenters. The fraction of sp³-hybridized carbons (Fsp3) is 1.00. The minimum atomic E-state index is 0.422. The van der Waals surface area contributed by atoms with Gasteiger partial charge in [-0.15, -0.1) is 0 Å². The molecule has 0 radical (unpaired) electrons. The van der Waals surface area contributed by atoms with Gasteiger partial charge in [0.1, 0.15) is 0 Å². The first-order valence-electron chi connectivity index (χ1n) is 4.70. The predicted molar refractivity (Wildman–Crippen MR) is 48.5 cm³/mol. The Bertz CT molecular complexity index is 104. The molecule has 0 saturated carbocycles. The normalized spacial score (nSPS) is 34.1. The molecule has 0 spiro atoms. The van der Waals surface area contributed by atoms with Crippen LogP contribution < -0.4 is 5.73 Å². The summed E-state index contributed by atoms with van der Waals surface area (Å²) in [5.41, 5.74) is 5.90. The van der Waals surface area contributed by atoms with Crippen LogP contribution in [0.5, 0.6) is 0 Å². The third kappa shape index (κ3) is 2.80. The molecule has 1 aliphatic heterocycles. The van der Waals surface area contributed by atoms with Crippen molar-refractivity contribution >= 4 is 0 Å². The van der Waals surface area contributed by atoms with E-state index in [2.05, 4.69) is 18.7 Å². The van der Waals surface area contributed by atoms with Crippen LogP contribution in [0, 0.1) is 5.92 Å². The first-order valence-corrected chi connectivity index (χ1v) is 4.70. The molecular formula is C9H20N2. The molecule has 1 aliphatic rings. The van der Waals surface area contributed by atoms with E-state index in [1.54, 1.807) is 0 Å². The molecule has 0 bridgehead atoms. The van der Waals surface area contributed by atoms with E-state index in [1.165, 1.54) is 25.9 Å². The molecule has 2 nitrogen and oxygen atoms in total. The highest BCUT2D eigenvalue weighted by atomic mass is 15.1. The topological polar surface area (TPSA) is 29.3 Å². The van der Waals surface area contributed by atoms with E-state index < -0.39 is 0 Å². The number of nitrogens with two attached hydrogens (primary N) is 1. The van der Waals surface area contributed by atoms with Crippen molar-refractivity contribution in [3.05, 3.63) is 0 Å². The van der Waals surface area contributed by atoms with Crippen LogP contribution in [0.1, 0.15) is 26.7 Å². The second-order valence-electron chi connectivity index (χ2n) is 3.86. The highest BCUT2D eigenvalue weighted by molar-refractivity contribution is 4.78. The van der Waals surface area contributed by atoms with Gasteiger partial charge in [0.25, 0.3) is 0 Å². The van der Waals surface area contributed by atoms with Crippen molar-refractivity contribution in [2.45, 2.75) is 32.7 Å². The Labute approximate surface area is 69.8 Å². The van der Waals surface area contributed by atoms with Crippen molar-refractivity contribution in [1.82, 2.24) is 4.90 Å². The van der Waals surface area contributed by atoms with Crippen LogP contribution in [-0.2, 0) is 0 Å². The highest BCUT2D eigenvalue weighted by Crippen LogP contribution is 2.14. The maximum atomic E-state index is 5.90. The molecule has 0 aromatic carbocycles. The molecule has 11 heavy (non-hydrogen) atoms. The Hall–Kier alpha value is -0.0800. The third-order valence-corrected chi connectivity index (χ3v) is 2.31. The van der Waals surface area contributed by atoms with Crippen LogP contribution in [0.2, 0.25) is 0 Å². The monoisotopic (exact) mass is 156 g/mol. The van der Waals surface area contributed by atoms with Gasteiger partial charge in [0.15, 0.2) is 0 Å². The van der Waals surface area contributed by atoms with Gasteiger partial charge >= 0.3 is 0 Å². The molecule has 0 aromatic rings. The van der Waals surface area contributed by atoms with Crippen LogP contribution in [-0.4, -0.2) is 30.6 Å². The molecule has 1 saturated heterocycles. The summed E-state index contributed by atoms with van der Waals surface area (Å²) in [6.07, 6.45) is 2.46. The smallest absolute Gasteiger partial charge is 0.0170 e. The van der Waals surface area contributed by atoms with Gasteiger partial charge < -0.3 is 10.6 Å².